The van der Waals surface area contributed by atoms with E-state index >= 15 is 0 Å². The Morgan fingerprint density at radius 2 is 1.47 bits per heavy atom. The molecule has 3 aromatic carbocycles. The summed E-state index contributed by atoms with van der Waals surface area (Å²) < 4.78 is 11.6. The molecule has 7 nitrogen and oxygen atoms in total. The van der Waals surface area contributed by atoms with E-state index < -0.39 is 0 Å². The van der Waals surface area contributed by atoms with Crippen molar-refractivity contribution in [3.05, 3.63) is 81.4 Å². The second-order valence-electron chi connectivity index (χ2n) is 7.89. The molecule has 176 valence electrons. The normalized spacial score (nSPS) is 13.4. The number of piperazine rings is 1. The SMILES string of the molecule is COc1cc(OC)cc(C(=O)N2CCN(c3ccc(NC(=O)c4cccc(I)c4)cc3)CC2)c1. The highest BCUT2D eigenvalue weighted by Crippen LogP contribution is 2.25. The molecule has 1 saturated heterocycles. The molecule has 2 amide bonds. The summed E-state index contributed by atoms with van der Waals surface area (Å²) in [6.07, 6.45) is 0. The van der Waals surface area contributed by atoms with E-state index in [2.05, 4.69) is 32.8 Å². The maximum atomic E-state index is 13.0. The summed E-state index contributed by atoms with van der Waals surface area (Å²) in [6.45, 7) is 2.68. The molecule has 4 rings (SSSR count). The van der Waals surface area contributed by atoms with Crippen LogP contribution >= 0.6 is 22.6 Å². The lowest BCUT2D eigenvalue weighted by Gasteiger charge is -2.36. The van der Waals surface area contributed by atoms with E-state index in [-0.39, 0.29) is 11.8 Å². The van der Waals surface area contributed by atoms with Crippen molar-refractivity contribution in [1.29, 1.82) is 0 Å². The molecule has 3 aromatic rings. The first-order chi connectivity index (χ1) is 16.5. The van der Waals surface area contributed by atoms with Crippen LogP contribution in [0.2, 0.25) is 0 Å². The standard InChI is InChI=1S/C26H26IN3O4/c1-33-23-15-19(16-24(17-23)34-2)26(32)30-12-10-29(11-13-30)22-8-6-21(7-9-22)28-25(31)18-4-3-5-20(27)14-18/h3-9,14-17H,10-13H2,1-2H3,(H,28,31). The van der Waals surface area contributed by atoms with E-state index in [4.69, 9.17) is 9.47 Å². The highest BCUT2D eigenvalue weighted by molar-refractivity contribution is 14.1. The maximum Gasteiger partial charge on any atom is 0.255 e. The number of anilines is 2. The summed E-state index contributed by atoms with van der Waals surface area (Å²) in [5.41, 5.74) is 2.99. The fourth-order valence-corrected chi connectivity index (χ4v) is 4.41. The third-order valence-electron chi connectivity index (χ3n) is 5.74. The summed E-state index contributed by atoms with van der Waals surface area (Å²) in [6, 6.07) is 20.5. The van der Waals surface area contributed by atoms with Crippen molar-refractivity contribution in [2.45, 2.75) is 0 Å². The Bertz CT molecular complexity index is 1150. The number of rotatable bonds is 6. The van der Waals surface area contributed by atoms with Crippen LogP contribution in [-0.4, -0.2) is 57.1 Å². The number of hydrogen-bond donors (Lipinski definition) is 1. The molecule has 0 spiro atoms. The minimum atomic E-state index is -0.132. The van der Waals surface area contributed by atoms with Crippen LogP contribution in [0.1, 0.15) is 20.7 Å². The van der Waals surface area contributed by atoms with E-state index in [0.29, 0.717) is 35.7 Å². The topological polar surface area (TPSA) is 71.1 Å². The van der Waals surface area contributed by atoms with Gasteiger partial charge in [-0.3, -0.25) is 9.59 Å². The Morgan fingerprint density at radius 1 is 0.824 bits per heavy atom. The maximum absolute atomic E-state index is 13.0. The van der Waals surface area contributed by atoms with Gasteiger partial charge in [0.2, 0.25) is 0 Å². The number of benzene rings is 3. The molecule has 1 fully saturated rings. The molecule has 0 saturated carbocycles. The van der Waals surface area contributed by atoms with Crippen LogP contribution in [0.3, 0.4) is 0 Å². The second kappa shape index (κ2) is 10.8. The van der Waals surface area contributed by atoms with Crippen LogP contribution in [0.15, 0.2) is 66.7 Å². The first kappa shape index (κ1) is 23.9. The van der Waals surface area contributed by atoms with Gasteiger partial charge in [-0.05, 0) is 77.2 Å². The van der Waals surface area contributed by atoms with Gasteiger partial charge in [-0.25, -0.2) is 0 Å². The van der Waals surface area contributed by atoms with Gasteiger partial charge in [0.05, 0.1) is 14.2 Å². The lowest BCUT2D eigenvalue weighted by atomic mass is 10.1. The summed E-state index contributed by atoms with van der Waals surface area (Å²) in [4.78, 5) is 29.6. The van der Waals surface area contributed by atoms with E-state index in [0.717, 1.165) is 28.0 Å². The van der Waals surface area contributed by atoms with Crippen LogP contribution in [0.5, 0.6) is 11.5 Å². The summed E-state index contributed by atoms with van der Waals surface area (Å²) in [5.74, 6) is 1.02. The predicted octanol–water partition coefficient (Wildman–Crippen LogP) is 4.52. The highest BCUT2D eigenvalue weighted by Gasteiger charge is 2.23. The molecule has 0 atom stereocenters. The Hall–Kier alpha value is -3.27. The van der Waals surface area contributed by atoms with Crippen LogP contribution in [0.25, 0.3) is 0 Å². The van der Waals surface area contributed by atoms with Gasteiger partial charge in [-0.2, -0.15) is 0 Å². The number of carbonyl (C=O) groups is 2. The molecule has 0 bridgehead atoms. The summed E-state index contributed by atoms with van der Waals surface area (Å²) >= 11 is 2.19. The predicted molar refractivity (Wildman–Crippen MR) is 141 cm³/mol. The van der Waals surface area contributed by atoms with Gasteiger partial charge in [-0.1, -0.05) is 6.07 Å². The molecular weight excluding hydrogens is 545 g/mol. The molecule has 1 N–H and O–H groups in total. The molecule has 1 aliphatic rings. The van der Waals surface area contributed by atoms with Crippen LogP contribution in [-0.2, 0) is 0 Å². The third kappa shape index (κ3) is 5.61. The Morgan fingerprint density at radius 3 is 2.06 bits per heavy atom. The number of carbonyl (C=O) groups excluding carboxylic acids is 2. The first-order valence-corrected chi connectivity index (χ1v) is 12.0. The average molecular weight is 571 g/mol. The zero-order valence-electron chi connectivity index (χ0n) is 19.1. The second-order valence-corrected chi connectivity index (χ2v) is 9.14. The van der Waals surface area contributed by atoms with Gasteiger partial charge in [0.25, 0.3) is 11.8 Å². The molecule has 0 unspecified atom stereocenters. The lowest BCUT2D eigenvalue weighted by molar-refractivity contribution is 0.0746. The van der Waals surface area contributed by atoms with Gasteiger partial charge in [-0.15, -0.1) is 0 Å². The van der Waals surface area contributed by atoms with Gasteiger partial charge >= 0.3 is 0 Å². The molecule has 1 heterocycles. The Labute approximate surface area is 212 Å². The van der Waals surface area contributed by atoms with Gasteiger partial charge in [0.15, 0.2) is 0 Å². The van der Waals surface area contributed by atoms with Crippen LogP contribution < -0.4 is 19.7 Å². The van der Waals surface area contributed by atoms with Crippen molar-refractivity contribution in [3.63, 3.8) is 0 Å². The van der Waals surface area contributed by atoms with Crippen molar-refractivity contribution in [1.82, 2.24) is 4.90 Å². The highest BCUT2D eigenvalue weighted by atomic mass is 127. The third-order valence-corrected chi connectivity index (χ3v) is 6.41. The number of nitrogens with one attached hydrogen (secondary N) is 1. The van der Waals surface area contributed by atoms with E-state index in [1.165, 1.54) is 0 Å². The van der Waals surface area contributed by atoms with E-state index in [1.54, 1.807) is 38.5 Å². The van der Waals surface area contributed by atoms with Crippen LogP contribution in [0, 0.1) is 3.57 Å². The van der Waals surface area contributed by atoms with Crippen molar-refractivity contribution in [2.75, 3.05) is 50.6 Å². The van der Waals surface area contributed by atoms with Crippen LogP contribution in [0.4, 0.5) is 11.4 Å². The van der Waals surface area contributed by atoms with Crippen molar-refractivity contribution in [2.24, 2.45) is 0 Å². The van der Waals surface area contributed by atoms with E-state index in [9.17, 15) is 9.59 Å². The smallest absolute Gasteiger partial charge is 0.255 e. The zero-order valence-corrected chi connectivity index (χ0v) is 21.2. The molecule has 0 radical (unpaired) electrons. The monoisotopic (exact) mass is 571 g/mol. The quantitative estimate of drug-likeness (QED) is 0.441. The van der Waals surface area contributed by atoms with Gasteiger partial charge in [0, 0.05) is 58.3 Å². The average Bonchev–Trinajstić information content (AvgIpc) is 2.88. The molecule has 8 heteroatoms. The van der Waals surface area contributed by atoms with Gasteiger partial charge in [0.1, 0.15) is 11.5 Å². The Balaban J connectivity index is 1.35. The number of amides is 2. The van der Waals surface area contributed by atoms with Crippen molar-refractivity contribution < 1.29 is 19.1 Å². The number of nitrogens with zero attached hydrogens (tertiary/aromatic N) is 2. The fourth-order valence-electron chi connectivity index (χ4n) is 3.87. The molecular formula is C26H26IN3O4. The lowest BCUT2D eigenvalue weighted by Crippen LogP contribution is -2.48. The number of halogens is 1. The van der Waals surface area contributed by atoms with Crippen molar-refractivity contribution >= 4 is 45.8 Å². The minimum absolute atomic E-state index is 0.0366. The molecule has 1 aliphatic heterocycles. The minimum Gasteiger partial charge on any atom is -0.497 e. The zero-order chi connectivity index (χ0) is 24.1. The summed E-state index contributed by atoms with van der Waals surface area (Å²) in [5, 5.41) is 2.94. The number of ether oxygens (including phenoxy) is 2. The first-order valence-electron chi connectivity index (χ1n) is 10.9. The fraction of sp³-hybridized carbons (Fsp3) is 0.231. The molecule has 0 aromatic heterocycles. The van der Waals surface area contributed by atoms with Gasteiger partial charge < -0.3 is 24.6 Å². The largest absolute Gasteiger partial charge is 0.497 e. The molecule has 34 heavy (non-hydrogen) atoms. The molecule has 0 aliphatic carbocycles. The summed E-state index contributed by atoms with van der Waals surface area (Å²) in [7, 11) is 3.14. The van der Waals surface area contributed by atoms with Crippen molar-refractivity contribution in [3.8, 4) is 11.5 Å². The van der Waals surface area contributed by atoms with E-state index in [1.807, 2.05) is 47.4 Å². The Kier molecular flexibility index (Phi) is 7.56. The number of methoxy groups -OCH3 is 2. The number of hydrogen-bond acceptors (Lipinski definition) is 5.